The van der Waals surface area contributed by atoms with E-state index in [2.05, 4.69) is 0 Å². The quantitative estimate of drug-likeness (QED) is 0.910. The summed E-state index contributed by atoms with van der Waals surface area (Å²) in [5.74, 6) is -0.556. The second-order valence-electron chi connectivity index (χ2n) is 4.91. The van der Waals surface area contributed by atoms with Gasteiger partial charge in [0, 0.05) is 10.0 Å². The molecule has 2 aromatic rings. The standard InChI is InChI=1S/C16H12Cl2O4/c17-12-2-1-3-13(18)11(12)7-10(16(19)20)9-4-5-14-15(6-9)22-8-21-14/h1-6,10H,7-8H2,(H,19,20). The van der Waals surface area contributed by atoms with E-state index < -0.39 is 11.9 Å². The number of hydrogen-bond donors (Lipinski definition) is 1. The average molecular weight is 339 g/mol. The molecular weight excluding hydrogens is 327 g/mol. The molecule has 0 radical (unpaired) electrons. The molecule has 0 aromatic heterocycles. The number of ether oxygens (including phenoxy) is 2. The topological polar surface area (TPSA) is 55.8 Å². The highest BCUT2D eigenvalue weighted by Crippen LogP contribution is 2.37. The third kappa shape index (κ3) is 2.85. The molecule has 1 aliphatic heterocycles. The minimum atomic E-state index is -0.949. The van der Waals surface area contributed by atoms with Gasteiger partial charge in [0.25, 0.3) is 0 Å². The van der Waals surface area contributed by atoms with Gasteiger partial charge in [0.2, 0.25) is 6.79 Å². The Balaban J connectivity index is 1.95. The fraction of sp³-hybridized carbons (Fsp3) is 0.188. The maximum absolute atomic E-state index is 11.7. The Kier molecular flexibility index (Phi) is 4.14. The molecule has 6 heteroatoms. The molecule has 0 amide bonds. The summed E-state index contributed by atoms with van der Waals surface area (Å²) < 4.78 is 10.5. The van der Waals surface area contributed by atoms with E-state index in [-0.39, 0.29) is 13.2 Å². The highest BCUT2D eigenvalue weighted by Gasteiger charge is 2.25. The van der Waals surface area contributed by atoms with E-state index in [9.17, 15) is 9.90 Å². The van der Waals surface area contributed by atoms with Crippen LogP contribution in [0.25, 0.3) is 0 Å². The van der Waals surface area contributed by atoms with Gasteiger partial charge in [-0.05, 0) is 41.8 Å². The number of benzene rings is 2. The van der Waals surface area contributed by atoms with Crippen LogP contribution in [0, 0.1) is 0 Å². The molecule has 0 fully saturated rings. The van der Waals surface area contributed by atoms with Crippen LogP contribution in [0.15, 0.2) is 36.4 Å². The SMILES string of the molecule is O=C(O)C(Cc1c(Cl)cccc1Cl)c1ccc2c(c1)OCO2. The van der Waals surface area contributed by atoms with E-state index in [1.54, 1.807) is 36.4 Å². The lowest BCUT2D eigenvalue weighted by molar-refractivity contribution is -0.138. The normalized spacial score (nSPS) is 13.9. The van der Waals surface area contributed by atoms with Gasteiger partial charge >= 0.3 is 5.97 Å². The van der Waals surface area contributed by atoms with Gasteiger partial charge in [-0.15, -0.1) is 0 Å². The van der Waals surface area contributed by atoms with Crippen molar-refractivity contribution in [2.75, 3.05) is 6.79 Å². The van der Waals surface area contributed by atoms with Gasteiger partial charge in [-0.2, -0.15) is 0 Å². The summed E-state index contributed by atoms with van der Waals surface area (Å²) in [6.07, 6.45) is 0.202. The van der Waals surface area contributed by atoms with Crippen LogP contribution in [0.1, 0.15) is 17.0 Å². The zero-order valence-corrected chi connectivity index (χ0v) is 12.9. The van der Waals surface area contributed by atoms with Crippen molar-refractivity contribution in [2.45, 2.75) is 12.3 Å². The highest BCUT2D eigenvalue weighted by atomic mass is 35.5. The maximum Gasteiger partial charge on any atom is 0.311 e. The molecule has 0 spiro atoms. The number of halogens is 2. The van der Waals surface area contributed by atoms with Crippen LogP contribution in [-0.2, 0) is 11.2 Å². The smallest absolute Gasteiger partial charge is 0.311 e. The molecule has 0 saturated carbocycles. The molecule has 22 heavy (non-hydrogen) atoms. The van der Waals surface area contributed by atoms with E-state index in [0.29, 0.717) is 32.7 Å². The van der Waals surface area contributed by atoms with E-state index in [1.165, 1.54) is 0 Å². The van der Waals surface area contributed by atoms with Crippen LogP contribution < -0.4 is 9.47 Å². The lowest BCUT2D eigenvalue weighted by Crippen LogP contribution is -2.15. The minimum absolute atomic E-state index is 0.146. The van der Waals surface area contributed by atoms with Gasteiger partial charge < -0.3 is 14.6 Å². The summed E-state index contributed by atoms with van der Waals surface area (Å²) in [6.45, 7) is 0.146. The van der Waals surface area contributed by atoms with Crippen LogP contribution in [-0.4, -0.2) is 17.9 Å². The summed E-state index contributed by atoms with van der Waals surface area (Å²) in [5.41, 5.74) is 1.24. The largest absolute Gasteiger partial charge is 0.481 e. The van der Waals surface area contributed by atoms with Crippen molar-refractivity contribution in [3.8, 4) is 11.5 Å². The summed E-state index contributed by atoms with van der Waals surface area (Å²) in [5, 5.41) is 10.5. The Morgan fingerprint density at radius 3 is 2.50 bits per heavy atom. The minimum Gasteiger partial charge on any atom is -0.481 e. The Hall–Kier alpha value is -1.91. The van der Waals surface area contributed by atoms with Crippen molar-refractivity contribution >= 4 is 29.2 Å². The molecule has 0 aliphatic carbocycles. The maximum atomic E-state index is 11.7. The van der Waals surface area contributed by atoms with Crippen LogP contribution in [0.2, 0.25) is 10.0 Å². The first-order chi connectivity index (χ1) is 10.6. The first-order valence-electron chi connectivity index (χ1n) is 6.61. The lowest BCUT2D eigenvalue weighted by Gasteiger charge is -2.15. The van der Waals surface area contributed by atoms with Gasteiger partial charge in [-0.25, -0.2) is 0 Å². The second kappa shape index (κ2) is 6.07. The van der Waals surface area contributed by atoms with Crippen LogP contribution in [0.5, 0.6) is 11.5 Å². The van der Waals surface area contributed by atoms with Gasteiger partial charge in [-0.1, -0.05) is 35.3 Å². The molecule has 1 unspecified atom stereocenters. The fourth-order valence-corrected chi connectivity index (χ4v) is 2.96. The third-order valence-corrected chi connectivity index (χ3v) is 4.28. The summed E-state index contributed by atoms with van der Waals surface area (Å²) in [6, 6.07) is 10.2. The summed E-state index contributed by atoms with van der Waals surface area (Å²) >= 11 is 12.3. The fourth-order valence-electron chi connectivity index (χ4n) is 2.41. The molecule has 1 N–H and O–H groups in total. The van der Waals surface area contributed by atoms with Gasteiger partial charge in [-0.3, -0.25) is 4.79 Å². The molecule has 0 saturated heterocycles. The lowest BCUT2D eigenvalue weighted by atomic mass is 9.91. The molecule has 1 heterocycles. The van der Waals surface area contributed by atoms with E-state index in [1.807, 2.05) is 0 Å². The predicted octanol–water partition coefficient (Wildman–Crippen LogP) is 4.13. The van der Waals surface area contributed by atoms with Crippen molar-refractivity contribution in [3.05, 3.63) is 57.6 Å². The van der Waals surface area contributed by atoms with Crippen molar-refractivity contribution in [1.82, 2.24) is 0 Å². The molecule has 114 valence electrons. The number of aliphatic carboxylic acids is 1. The molecule has 1 atom stereocenters. The number of hydrogen-bond acceptors (Lipinski definition) is 3. The zero-order valence-electron chi connectivity index (χ0n) is 11.4. The third-order valence-electron chi connectivity index (χ3n) is 3.57. The first kappa shape index (κ1) is 15.0. The molecule has 2 aromatic carbocycles. The van der Waals surface area contributed by atoms with Crippen molar-refractivity contribution in [3.63, 3.8) is 0 Å². The number of carboxylic acid groups (broad SMARTS) is 1. The molecular formula is C16H12Cl2O4. The molecule has 4 nitrogen and oxygen atoms in total. The van der Waals surface area contributed by atoms with E-state index in [4.69, 9.17) is 32.7 Å². The van der Waals surface area contributed by atoms with E-state index >= 15 is 0 Å². The Morgan fingerprint density at radius 1 is 1.14 bits per heavy atom. The van der Waals surface area contributed by atoms with Gasteiger partial charge in [0.15, 0.2) is 11.5 Å². The number of rotatable bonds is 4. The number of carbonyl (C=O) groups is 1. The Labute approximate surface area is 137 Å². The molecule has 0 bridgehead atoms. The second-order valence-corrected chi connectivity index (χ2v) is 5.72. The molecule has 3 rings (SSSR count). The van der Waals surface area contributed by atoms with Crippen LogP contribution >= 0.6 is 23.2 Å². The summed E-state index contributed by atoms with van der Waals surface area (Å²) in [7, 11) is 0. The Bertz CT molecular complexity index is 710. The van der Waals surface area contributed by atoms with E-state index in [0.717, 1.165) is 0 Å². The number of carboxylic acids is 1. The van der Waals surface area contributed by atoms with Crippen molar-refractivity contribution < 1.29 is 19.4 Å². The zero-order chi connectivity index (χ0) is 15.7. The van der Waals surface area contributed by atoms with Crippen LogP contribution in [0.3, 0.4) is 0 Å². The Morgan fingerprint density at radius 2 is 1.82 bits per heavy atom. The average Bonchev–Trinajstić information content (AvgIpc) is 2.94. The summed E-state index contributed by atoms with van der Waals surface area (Å²) in [4.78, 5) is 11.7. The first-order valence-corrected chi connectivity index (χ1v) is 7.37. The monoisotopic (exact) mass is 338 g/mol. The molecule has 1 aliphatic rings. The van der Waals surface area contributed by atoms with Gasteiger partial charge in [0.1, 0.15) is 0 Å². The van der Waals surface area contributed by atoms with Crippen LogP contribution in [0.4, 0.5) is 0 Å². The van der Waals surface area contributed by atoms with Crippen molar-refractivity contribution in [1.29, 1.82) is 0 Å². The van der Waals surface area contributed by atoms with Crippen molar-refractivity contribution in [2.24, 2.45) is 0 Å². The number of fused-ring (bicyclic) bond motifs is 1. The highest BCUT2D eigenvalue weighted by molar-refractivity contribution is 6.36. The van der Waals surface area contributed by atoms with Gasteiger partial charge in [0.05, 0.1) is 5.92 Å². The predicted molar refractivity (Wildman–Crippen MR) is 83.1 cm³/mol.